The van der Waals surface area contributed by atoms with Crippen LogP contribution in [0.2, 0.25) is 0 Å². The molecule has 11 heteroatoms. The Bertz CT molecular complexity index is 1400. The quantitative estimate of drug-likeness (QED) is 0.415. The van der Waals surface area contributed by atoms with Crippen molar-refractivity contribution in [1.29, 1.82) is 5.26 Å². The second-order valence-corrected chi connectivity index (χ2v) is 8.94. The summed E-state index contributed by atoms with van der Waals surface area (Å²) in [6.07, 6.45) is 1.66. The topological polar surface area (TPSA) is 147 Å². The summed E-state index contributed by atoms with van der Waals surface area (Å²) in [4.78, 5) is 34.4. The molecule has 2 aromatic carbocycles. The SMILES string of the molecule is COC(=O)c1ccc(Nc2nccc(-c3ccc(OC4CCN(C(=O)[C@H](C)O)CC4)c(C#N)c3)n2)cc1OC. The fourth-order valence-corrected chi connectivity index (χ4v) is 4.27. The third-order valence-corrected chi connectivity index (χ3v) is 6.32. The smallest absolute Gasteiger partial charge is 0.341 e. The van der Waals surface area contributed by atoms with Crippen molar-refractivity contribution in [2.75, 3.05) is 32.6 Å². The number of amides is 1. The van der Waals surface area contributed by atoms with Gasteiger partial charge in [0.1, 0.15) is 35.3 Å². The van der Waals surface area contributed by atoms with E-state index in [2.05, 4.69) is 21.4 Å². The Morgan fingerprint density at radius 2 is 1.90 bits per heavy atom. The van der Waals surface area contributed by atoms with E-state index in [1.54, 1.807) is 47.5 Å². The number of likely N-dealkylation sites (tertiary alicyclic amines) is 1. The molecule has 0 saturated carbocycles. The van der Waals surface area contributed by atoms with Gasteiger partial charge in [0, 0.05) is 49.4 Å². The number of benzene rings is 2. The molecule has 1 fully saturated rings. The third-order valence-electron chi connectivity index (χ3n) is 6.32. The highest BCUT2D eigenvalue weighted by Crippen LogP contribution is 2.29. The van der Waals surface area contributed by atoms with Crippen molar-refractivity contribution >= 4 is 23.5 Å². The highest BCUT2D eigenvalue weighted by atomic mass is 16.5. The van der Waals surface area contributed by atoms with E-state index in [1.807, 2.05) is 6.07 Å². The van der Waals surface area contributed by atoms with Gasteiger partial charge in [-0.05, 0) is 43.3 Å². The van der Waals surface area contributed by atoms with Crippen LogP contribution in [-0.4, -0.2) is 71.4 Å². The lowest BCUT2D eigenvalue weighted by molar-refractivity contribution is -0.141. The fraction of sp³-hybridized carbons (Fsp3) is 0.321. The predicted octanol–water partition coefficient (Wildman–Crippen LogP) is 3.30. The summed E-state index contributed by atoms with van der Waals surface area (Å²) in [5.41, 5.74) is 2.58. The molecule has 0 unspecified atom stereocenters. The minimum atomic E-state index is -1.02. The summed E-state index contributed by atoms with van der Waals surface area (Å²) >= 11 is 0. The summed E-state index contributed by atoms with van der Waals surface area (Å²) in [7, 11) is 2.76. The summed E-state index contributed by atoms with van der Waals surface area (Å²) in [5.74, 6) is 0.336. The van der Waals surface area contributed by atoms with Gasteiger partial charge >= 0.3 is 5.97 Å². The number of aromatic nitrogens is 2. The first-order valence-electron chi connectivity index (χ1n) is 12.4. The number of hydrogen-bond acceptors (Lipinski definition) is 10. The molecule has 0 spiro atoms. The molecule has 11 nitrogen and oxygen atoms in total. The number of esters is 1. The number of carbonyl (C=O) groups is 2. The molecule has 3 aromatic rings. The maximum Gasteiger partial charge on any atom is 0.341 e. The lowest BCUT2D eigenvalue weighted by Crippen LogP contribution is -2.45. The van der Waals surface area contributed by atoms with E-state index in [0.29, 0.717) is 71.5 Å². The molecule has 202 valence electrons. The Morgan fingerprint density at radius 3 is 2.56 bits per heavy atom. The summed E-state index contributed by atoms with van der Waals surface area (Å²) in [5, 5.41) is 22.4. The number of aliphatic hydroxyl groups excluding tert-OH is 1. The van der Waals surface area contributed by atoms with Crippen molar-refractivity contribution in [1.82, 2.24) is 14.9 Å². The maximum atomic E-state index is 12.0. The average Bonchev–Trinajstić information content (AvgIpc) is 2.97. The van der Waals surface area contributed by atoms with E-state index in [-0.39, 0.29) is 12.0 Å². The lowest BCUT2D eigenvalue weighted by atomic mass is 10.1. The molecule has 0 radical (unpaired) electrons. The van der Waals surface area contributed by atoms with E-state index in [9.17, 15) is 20.0 Å². The standard InChI is InChI=1S/C28H29N5O6/c1-17(34)26(35)33-12-9-21(10-13-33)39-24-7-4-18(14-19(24)16-29)23-8-11-30-28(32-23)31-20-5-6-22(27(36)38-3)25(15-20)37-2/h4-8,11,14-15,17,21,34H,9-10,12-13H2,1-3H3,(H,30,31,32)/t17-/m0/s1. The van der Waals surface area contributed by atoms with E-state index >= 15 is 0 Å². The number of piperidine rings is 1. The van der Waals surface area contributed by atoms with Gasteiger partial charge in [-0.2, -0.15) is 5.26 Å². The van der Waals surface area contributed by atoms with Gasteiger partial charge in [0.2, 0.25) is 5.95 Å². The first-order valence-corrected chi connectivity index (χ1v) is 12.4. The third kappa shape index (κ3) is 6.42. The van der Waals surface area contributed by atoms with Gasteiger partial charge in [0.15, 0.2) is 0 Å². The fourth-order valence-electron chi connectivity index (χ4n) is 4.27. The minimum absolute atomic E-state index is 0.140. The van der Waals surface area contributed by atoms with Crippen molar-refractivity contribution in [2.45, 2.75) is 32.0 Å². The number of nitriles is 1. The second-order valence-electron chi connectivity index (χ2n) is 8.94. The van der Waals surface area contributed by atoms with E-state index in [1.165, 1.54) is 21.1 Å². The number of nitrogens with one attached hydrogen (secondary N) is 1. The van der Waals surface area contributed by atoms with Gasteiger partial charge in [-0.1, -0.05) is 0 Å². The largest absolute Gasteiger partial charge is 0.496 e. The molecule has 1 aliphatic rings. The van der Waals surface area contributed by atoms with Gasteiger partial charge in [0.25, 0.3) is 5.91 Å². The van der Waals surface area contributed by atoms with Gasteiger partial charge < -0.3 is 29.5 Å². The number of methoxy groups -OCH3 is 2. The van der Waals surface area contributed by atoms with Crippen molar-refractivity contribution in [3.63, 3.8) is 0 Å². The van der Waals surface area contributed by atoms with Crippen LogP contribution in [-0.2, 0) is 9.53 Å². The van der Waals surface area contributed by atoms with Crippen LogP contribution in [0.3, 0.4) is 0 Å². The number of anilines is 2. The van der Waals surface area contributed by atoms with Gasteiger partial charge in [-0.25, -0.2) is 14.8 Å². The summed E-state index contributed by atoms with van der Waals surface area (Å²) < 4.78 is 16.2. The van der Waals surface area contributed by atoms with Crippen LogP contribution in [0.15, 0.2) is 48.7 Å². The number of aliphatic hydroxyl groups is 1. The highest BCUT2D eigenvalue weighted by Gasteiger charge is 2.26. The molecule has 1 atom stereocenters. The molecule has 4 rings (SSSR count). The van der Waals surface area contributed by atoms with Crippen LogP contribution in [0.1, 0.15) is 35.7 Å². The second kappa shape index (κ2) is 12.2. The first-order chi connectivity index (χ1) is 18.8. The van der Waals surface area contributed by atoms with Crippen molar-refractivity contribution in [2.24, 2.45) is 0 Å². The maximum absolute atomic E-state index is 12.0. The van der Waals surface area contributed by atoms with Gasteiger partial charge in [0.05, 0.1) is 25.5 Å². The van der Waals surface area contributed by atoms with Gasteiger partial charge in [-0.3, -0.25) is 4.79 Å². The van der Waals surface area contributed by atoms with Crippen LogP contribution < -0.4 is 14.8 Å². The molecular weight excluding hydrogens is 502 g/mol. The average molecular weight is 532 g/mol. The number of nitrogens with zero attached hydrogens (tertiary/aromatic N) is 4. The zero-order valence-electron chi connectivity index (χ0n) is 21.9. The van der Waals surface area contributed by atoms with E-state index < -0.39 is 12.1 Å². The van der Waals surface area contributed by atoms with Crippen LogP contribution in [0.25, 0.3) is 11.3 Å². The first kappa shape index (κ1) is 27.3. The van der Waals surface area contributed by atoms with E-state index in [4.69, 9.17) is 14.2 Å². The molecule has 0 bridgehead atoms. The monoisotopic (exact) mass is 531 g/mol. The molecule has 2 N–H and O–H groups in total. The number of rotatable bonds is 8. The Hall–Kier alpha value is -4.69. The minimum Gasteiger partial charge on any atom is -0.496 e. The zero-order chi connectivity index (χ0) is 27.9. The Balaban J connectivity index is 1.47. The van der Waals surface area contributed by atoms with Crippen LogP contribution in [0.5, 0.6) is 11.5 Å². The molecule has 39 heavy (non-hydrogen) atoms. The molecule has 1 saturated heterocycles. The Morgan fingerprint density at radius 1 is 1.13 bits per heavy atom. The van der Waals surface area contributed by atoms with Crippen LogP contribution in [0, 0.1) is 11.3 Å². The molecule has 1 aromatic heterocycles. The zero-order valence-corrected chi connectivity index (χ0v) is 21.9. The number of carbonyl (C=O) groups excluding carboxylic acids is 2. The normalized spacial score (nSPS) is 14.2. The van der Waals surface area contributed by atoms with Crippen LogP contribution >= 0.6 is 0 Å². The molecule has 2 heterocycles. The molecular formula is C28H29N5O6. The van der Waals surface area contributed by atoms with Crippen LogP contribution in [0.4, 0.5) is 11.6 Å². The van der Waals surface area contributed by atoms with Gasteiger partial charge in [-0.15, -0.1) is 0 Å². The molecule has 0 aliphatic carbocycles. The lowest BCUT2D eigenvalue weighted by Gasteiger charge is -2.33. The van der Waals surface area contributed by atoms with Crippen molar-refractivity contribution in [3.8, 4) is 28.8 Å². The highest BCUT2D eigenvalue weighted by molar-refractivity contribution is 5.93. The Kier molecular flexibility index (Phi) is 8.58. The number of ether oxygens (including phenoxy) is 3. The van der Waals surface area contributed by atoms with Crippen molar-refractivity contribution in [3.05, 3.63) is 59.8 Å². The summed E-state index contributed by atoms with van der Waals surface area (Å²) in [6.45, 7) is 2.44. The molecule has 1 amide bonds. The van der Waals surface area contributed by atoms with E-state index in [0.717, 1.165) is 0 Å². The predicted molar refractivity (Wildman–Crippen MR) is 142 cm³/mol. The summed E-state index contributed by atoms with van der Waals surface area (Å²) in [6, 6.07) is 14.1. The van der Waals surface area contributed by atoms with Crippen molar-refractivity contribution < 1.29 is 28.9 Å². The Labute approximate surface area is 226 Å². The molecule has 1 aliphatic heterocycles. The number of hydrogen-bond donors (Lipinski definition) is 2.